The SMILES string of the molecule is CCCC.CCN(CC)C(C)=O.CCOC(C)OCC. The van der Waals surface area contributed by atoms with Crippen LogP contribution in [0.2, 0.25) is 0 Å². The Hall–Kier alpha value is -0.610. The molecule has 0 saturated carbocycles. The minimum Gasteiger partial charge on any atom is -0.353 e. The topological polar surface area (TPSA) is 38.8 Å². The largest absolute Gasteiger partial charge is 0.353 e. The quantitative estimate of drug-likeness (QED) is 0.663. The predicted octanol–water partition coefficient (Wildman–Crippen LogP) is 4.09. The van der Waals surface area contributed by atoms with Crippen LogP contribution in [0.25, 0.3) is 0 Å². The Morgan fingerprint density at radius 1 is 0.900 bits per heavy atom. The Bertz CT molecular complexity index is 175. The van der Waals surface area contributed by atoms with Crippen molar-refractivity contribution in [2.75, 3.05) is 26.3 Å². The molecule has 0 aliphatic rings. The van der Waals surface area contributed by atoms with Gasteiger partial charge in [-0.1, -0.05) is 26.7 Å². The van der Waals surface area contributed by atoms with Gasteiger partial charge in [0.15, 0.2) is 6.29 Å². The van der Waals surface area contributed by atoms with Crippen molar-refractivity contribution in [3.8, 4) is 0 Å². The summed E-state index contributed by atoms with van der Waals surface area (Å²) >= 11 is 0. The first-order valence-electron chi connectivity index (χ1n) is 7.93. The van der Waals surface area contributed by atoms with Crippen LogP contribution in [0.3, 0.4) is 0 Å². The van der Waals surface area contributed by atoms with Gasteiger partial charge in [-0.05, 0) is 34.6 Å². The summed E-state index contributed by atoms with van der Waals surface area (Å²) in [4.78, 5) is 12.3. The summed E-state index contributed by atoms with van der Waals surface area (Å²) in [5, 5.41) is 0. The highest BCUT2D eigenvalue weighted by molar-refractivity contribution is 5.73. The first-order valence-corrected chi connectivity index (χ1v) is 7.93. The number of hydrogen-bond acceptors (Lipinski definition) is 3. The summed E-state index contributed by atoms with van der Waals surface area (Å²) in [6, 6.07) is 0. The van der Waals surface area contributed by atoms with Gasteiger partial charge in [-0.25, -0.2) is 0 Å². The fourth-order valence-electron chi connectivity index (χ4n) is 1.19. The van der Waals surface area contributed by atoms with E-state index >= 15 is 0 Å². The molecule has 20 heavy (non-hydrogen) atoms. The molecule has 0 atom stereocenters. The van der Waals surface area contributed by atoms with Crippen LogP contribution in [0.1, 0.15) is 68.2 Å². The lowest BCUT2D eigenvalue weighted by Crippen LogP contribution is -2.27. The van der Waals surface area contributed by atoms with Crippen LogP contribution >= 0.6 is 0 Å². The van der Waals surface area contributed by atoms with Gasteiger partial charge in [-0.2, -0.15) is 0 Å². The summed E-state index contributed by atoms with van der Waals surface area (Å²) in [6.45, 7) is 18.8. The van der Waals surface area contributed by atoms with Gasteiger partial charge in [0.2, 0.25) is 5.91 Å². The molecule has 0 aromatic rings. The lowest BCUT2D eigenvalue weighted by molar-refractivity contribution is -0.128. The van der Waals surface area contributed by atoms with Crippen LogP contribution in [0, 0.1) is 0 Å². The summed E-state index contributed by atoms with van der Waals surface area (Å²) < 4.78 is 10.1. The molecule has 0 aliphatic heterocycles. The average molecular weight is 291 g/mol. The van der Waals surface area contributed by atoms with Crippen molar-refractivity contribution in [2.24, 2.45) is 0 Å². The highest BCUT2D eigenvalue weighted by Crippen LogP contribution is 1.90. The zero-order valence-corrected chi connectivity index (χ0v) is 15.0. The number of ether oxygens (including phenoxy) is 2. The van der Waals surface area contributed by atoms with Crippen molar-refractivity contribution in [1.29, 1.82) is 0 Å². The van der Waals surface area contributed by atoms with Crippen LogP contribution in [-0.2, 0) is 14.3 Å². The molecule has 0 spiro atoms. The smallest absolute Gasteiger partial charge is 0.219 e. The summed E-state index contributed by atoms with van der Waals surface area (Å²) in [5.74, 6) is 0.162. The molecule has 0 saturated heterocycles. The van der Waals surface area contributed by atoms with Crippen LogP contribution in [0.15, 0.2) is 0 Å². The minimum absolute atomic E-state index is 0.0370. The molecule has 0 aliphatic carbocycles. The lowest BCUT2D eigenvalue weighted by Gasteiger charge is -2.14. The molecular weight excluding hydrogens is 254 g/mol. The van der Waals surface area contributed by atoms with E-state index in [1.165, 1.54) is 12.8 Å². The van der Waals surface area contributed by atoms with Gasteiger partial charge in [-0.3, -0.25) is 4.79 Å². The van der Waals surface area contributed by atoms with Gasteiger partial charge in [0.05, 0.1) is 0 Å². The number of carbonyl (C=O) groups is 1. The number of carbonyl (C=O) groups excluding carboxylic acids is 1. The molecule has 0 heterocycles. The van der Waals surface area contributed by atoms with Crippen molar-refractivity contribution in [1.82, 2.24) is 4.90 Å². The number of hydrogen-bond donors (Lipinski definition) is 0. The number of unbranched alkanes of at least 4 members (excludes halogenated alkanes) is 1. The Balaban J connectivity index is -0.000000230. The molecule has 0 fully saturated rings. The normalized spacial score (nSPS) is 9.25. The first-order chi connectivity index (χ1) is 9.44. The zero-order valence-electron chi connectivity index (χ0n) is 15.0. The van der Waals surface area contributed by atoms with Gasteiger partial charge in [0.25, 0.3) is 0 Å². The number of nitrogens with zero attached hydrogens (tertiary/aromatic N) is 1. The highest BCUT2D eigenvalue weighted by atomic mass is 16.7. The Morgan fingerprint density at radius 2 is 1.25 bits per heavy atom. The molecular formula is C16H37NO3. The van der Waals surface area contributed by atoms with Gasteiger partial charge in [0, 0.05) is 33.2 Å². The minimum atomic E-state index is -0.0370. The lowest BCUT2D eigenvalue weighted by atomic mass is 10.4. The van der Waals surface area contributed by atoms with E-state index in [0.29, 0.717) is 0 Å². The van der Waals surface area contributed by atoms with Gasteiger partial charge < -0.3 is 14.4 Å². The molecule has 0 aromatic heterocycles. The summed E-state index contributed by atoms with van der Waals surface area (Å²) in [5.41, 5.74) is 0. The fourth-order valence-corrected chi connectivity index (χ4v) is 1.19. The first kappa shape index (κ1) is 24.4. The summed E-state index contributed by atoms with van der Waals surface area (Å²) in [7, 11) is 0. The third-order valence-corrected chi connectivity index (χ3v) is 2.51. The fraction of sp³-hybridized carbons (Fsp3) is 0.938. The molecule has 4 heteroatoms. The van der Waals surface area contributed by atoms with E-state index in [0.717, 1.165) is 26.3 Å². The Labute approximate surface area is 126 Å². The van der Waals surface area contributed by atoms with E-state index in [2.05, 4.69) is 13.8 Å². The van der Waals surface area contributed by atoms with E-state index < -0.39 is 0 Å². The van der Waals surface area contributed by atoms with Crippen LogP contribution in [-0.4, -0.2) is 43.4 Å². The Morgan fingerprint density at radius 3 is 1.35 bits per heavy atom. The van der Waals surface area contributed by atoms with Gasteiger partial charge in [0.1, 0.15) is 0 Å². The summed E-state index contributed by atoms with van der Waals surface area (Å²) in [6.07, 6.45) is 2.60. The van der Waals surface area contributed by atoms with E-state index in [1.54, 1.807) is 11.8 Å². The molecule has 0 radical (unpaired) electrons. The molecule has 4 nitrogen and oxygen atoms in total. The standard InChI is InChI=1S/C6H13NO.C6H14O2.C4H10/c1-4-7(5-2)6(3)8;1-4-7-6(3)8-5-2;1-3-4-2/h4-5H2,1-3H3;6H,4-5H2,1-3H3;3-4H2,1-2H3. The maximum atomic E-state index is 10.5. The van der Waals surface area contributed by atoms with Crippen molar-refractivity contribution in [2.45, 2.75) is 74.5 Å². The van der Waals surface area contributed by atoms with Crippen LogP contribution < -0.4 is 0 Å². The molecule has 0 rings (SSSR count). The van der Waals surface area contributed by atoms with Crippen molar-refractivity contribution < 1.29 is 14.3 Å². The van der Waals surface area contributed by atoms with Gasteiger partial charge >= 0.3 is 0 Å². The second-order valence-electron chi connectivity index (χ2n) is 4.17. The Kier molecular flexibility index (Phi) is 25.3. The maximum Gasteiger partial charge on any atom is 0.219 e. The second kappa shape index (κ2) is 20.7. The highest BCUT2D eigenvalue weighted by Gasteiger charge is 1.99. The van der Waals surface area contributed by atoms with Crippen molar-refractivity contribution in [3.63, 3.8) is 0 Å². The molecule has 124 valence electrons. The van der Waals surface area contributed by atoms with Crippen LogP contribution in [0.5, 0.6) is 0 Å². The number of amides is 1. The van der Waals surface area contributed by atoms with E-state index in [-0.39, 0.29) is 12.2 Å². The van der Waals surface area contributed by atoms with E-state index in [1.807, 2.05) is 34.6 Å². The average Bonchev–Trinajstić information content (AvgIpc) is 2.41. The van der Waals surface area contributed by atoms with Crippen molar-refractivity contribution >= 4 is 5.91 Å². The number of rotatable bonds is 7. The van der Waals surface area contributed by atoms with E-state index in [4.69, 9.17) is 9.47 Å². The van der Waals surface area contributed by atoms with Crippen molar-refractivity contribution in [3.05, 3.63) is 0 Å². The molecule has 1 amide bonds. The predicted molar refractivity (Wildman–Crippen MR) is 86.9 cm³/mol. The molecule has 0 bridgehead atoms. The second-order valence-corrected chi connectivity index (χ2v) is 4.17. The maximum absolute atomic E-state index is 10.5. The zero-order chi connectivity index (χ0) is 16.4. The molecule has 0 N–H and O–H groups in total. The van der Waals surface area contributed by atoms with E-state index in [9.17, 15) is 4.79 Å². The van der Waals surface area contributed by atoms with Gasteiger partial charge in [-0.15, -0.1) is 0 Å². The third-order valence-electron chi connectivity index (χ3n) is 2.51. The molecule has 0 aromatic carbocycles. The monoisotopic (exact) mass is 291 g/mol. The molecule has 0 unspecified atom stereocenters. The third kappa shape index (κ3) is 22.6. The van der Waals surface area contributed by atoms with Crippen LogP contribution in [0.4, 0.5) is 0 Å².